The molecule has 0 saturated carbocycles. The number of methoxy groups -OCH3 is 1. The molecular weight excluding hydrogens is 382 g/mol. The second-order valence-corrected chi connectivity index (χ2v) is 6.79. The van der Waals surface area contributed by atoms with E-state index in [9.17, 15) is 14.4 Å². The van der Waals surface area contributed by atoms with Gasteiger partial charge in [0.2, 0.25) is 0 Å². The lowest BCUT2D eigenvalue weighted by molar-refractivity contribution is 0.0600. The van der Waals surface area contributed by atoms with Gasteiger partial charge in [-0.1, -0.05) is 29.8 Å². The van der Waals surface area contributed by atoms with Gasteiger partial charge in [-0.15, -0.1) is 0 Å². The molecule has 0 saturated heterocycles. The van der Waals surface area contributed by atoms with Gasteiger partial charge in [-0.05, 0) is 38.1 Å². The minimum atomic E-state index is -0.552. The molecule has 144 valence electrons. The highest BCUT2D eigenvalue weighted by molar-refractivity contribution is 6.34. The van der Waals surface area contributed by atoms with Crippen molar-refractivity contribution < 1.29 is 14.3 Å². The lowest BCUT2D eigenvalue weighted by atomic mass is 10.1. The predicted molar refractivity (Wildman–Crippen MR) is 107 cm³/mol. The van der Waals surface area contributed by atoms with Crippen LogP contribution >= 0.6 is 11.6 Å². The summed E-state index contributed by atoms with van der Waals surface area (Å²) in [6.45, 7) is 3.61. The van der Waals surface area contributed by atoms with Gasteiger partial charge in [0, 0.05) is 5.39 Å². The van der Waals surface area contributed by atoms with Crippen molar-refractivity contribution in [2.24, 2.45) is 0 Å². The Labute approximate surface area is 165 Å². The minimum absolute atomic E-state index is 0.0865. The third-order valence-corrected chi connectivity index (χ3v) is 4.50. The number of halogens is 1. The SMILES string of the molecule is COC(=O)c1ccc(Cl)c(NC(=O)c2nn(C(C)C)c(=O)c3ccccc23)c1. The number of rotatable bonds is 4. The third kappa shape index (κ3) is 3.61. The Morgan fingerprint density at radius 3 is 2.46 bits per heavy atom. The molecule has 1 heterocycles. The zero-order valence-electron chi connectivity index (χ0n) is 15.5. The van der Waals surface area contributed by atoms with E-state index in [1.165, 1.54) is 30.0 Å². The highest BCUT2D eigenvalue weighted by Crippen LogP contribution is 2.25. The van der Waals surface area contributed by atoms with E-state index in [1.54, 1.807) is 24.3 Å². The minimum Gasteiger partial charge on any atom is -0.465 e. The van der Waals surface area contributed by atoms with Crippen LogP contribution in [0, 0.1) is 0 Å². The highest BCUT2D eigenvalue weighted by Gasteiger charge is 2.19. The molecule has 0 bridgehead atoms. The number of hydrogen-bond donors (Lipinski definition) is 1. The normalized spacial score (nSPS) is 10.9. The summed E-state index contributed by atoms with van der Waals surface area (Å²) >= 11 is 6.16. The zero-order valence-corrected chi connectivity index (χ0v) is 16.3. The number of carbonyl (C=O) groups excluding carboxylic acids is 2. The van der Waals surface area contributed by atoms with Crippen LogP contribution in [0.25, 0.3) is 10.8 Å². The van der Waals surface area contributed by atoms with Gasteiger partial charge >= 0.3 is 5.97 Å². The maximum Gasteiger partial charge on any atom is 0.337 e. The fraction of sp³-hybridized carbons (Fsp3) is 0.200. The maximum atomic E-state index is 13.0. The van der Waals surface area contributed by atoms with E-state index in [-0.39, 0.29) is 33.6 Å². The van der Waals surface area contributed by atoms with Crippen LogP contribution in [0.15, 0.2) is 47.3 Å². The molecule has 1 amide bonds. The van der Waals surface area contributed by atoms with Gasteiger partial charge in [-0.3, -0.25) is 9.59 Å². The number of anilines is 1. The first kappa shape index (κ1) is 19.6. The van der Waals surface area contributed by atoms with Crippen LogP contribution in [0.3, 0.4) is 0 Å². The second-order valence-electron chi connectivity index (χ2n) is 6.38. The average Bonchev–Trinajstić information content (AvgIpc) is 2.69. The van der Waals surface area contributed by atoms with Crippen LogP contribution < -0.4 is 10.9 Å². The highest BCUT2D eigenvalue weighted by atomic mass is 35.5. The van der Waals surface area contributed by atoms with Crippen LogP contribution in [0.4, 0.5) is 5.69 Å². The Bertz CT molecular complexity index is 1140. The molecule has 28 heavy (non-hydrogen) atoms. The molecule has 1 aromatic heterocycles. The number of ether oxygens (including phenoxy) is 1. The molecule has 0 aliphatic rings. The molecular formula is C20H18ClN3O4. The van der Waals surface area contributed by atoms with Gasteiger partial charge in [0.25, 0.3) is 11.5 Å². The number of carbonyl (C=O) groups is 2. The van der Waals surface area contributed by atoms with Crippen molar-refractivity contribution in [3.05, 3.63) is 69.1 Å². The van der Waals surface area contributed by atoms with Crippen molar-refractivity contribution in [1.82, 2.24) is 9.78 Å². The Kier molecular flexibility index (Phi) is 5.46. The quantitative estimate of drug-likeness (QED) is 0.676. The van der Waals surface area contributed by atoms with Gasteiger partial charge in [0.1, 0.15) is 0 Å². The Morgan fingerprint density at radius 1 is 1.14 bits per heavy atom. The lowest BCUT2D eigenvalue weighted by Gasteiger charge is -2.14. The summed E-state index contributed by atoms with van der Waals surface area (Å²) < 4.78 is 5.96. The molecule has 3 rings (SSSR count). The van der Waals surface area contributed by atoms with E-state index >= 15 is 0 Å². The summed E-state index contributed by atoms with van der Waals surface area (Å²) in [5, 5.41) is 8.00. The molecule has 8 heteroatoms. The fourth-order valence-corrected chi connectivity index (χ4v) is 2.94. The maximum absolute atomic E-state index is 13.0. The molecule has 0 aliphatic heterocycles. The second kappa shape index (κ2) is 7.82. The molecule has 1 N–H and O–H groups in total. The van der Waals surface area contributed by atoms with Crippen LogP contribution in [0.1, 0.15) is 40.7 Å². The van der Waals surface area contributed by atoms with Crippen molar-refractivity contribution in [3.63, 3.8) is 0 Å². The molecule has 0 atom stereocenters. The van der Waals surface area contributed by atoms with Crippen molar-refractivity contribution >= 4 is 39.9 Å². The van der Waals surface area contributed by atoms with Gasteiger partial charge in [0.05, 0.1) is 34.8 Å². The van der Waals surface area contributed by atoms with Crippen molar-refractivity contribution in [2.75, 3.05) is 12.4 Å². The Morgan fingerprint density at radius 2 is 1.82 bits per heavy atom. The molecule has 0 unspecified atom stereocenters. The third-order valence-electron chi connectivity index (χ3n) is 4.17. The standard InChI is InChI=1S/C20H18ClN3O4/c1-11(2)24-19(26)14-7-5-4-6-13(14)17(23-24)18(25)22-16-10-12(20(27)28-3)8-9-15(16)21/h4-11H,1-3H3,(H,22,25). The number of amides is 1. The molecule has 0 fully saturated rings. The number of aromatic nitrogens is 2. The lowest BCUT2D eigenvalue weighted by Crippen LogP contribution is -2.29. The predicted octanol–water partition coefficient (Wildman–Crippen LogP) is 3.67. The smallest absolute Gasteiger partial charge is 0.337 e. The van der Waals surface area contributed by atoms with Gasteiger partial charge in [-0.25, -0.2) is 9.48 Å². The van der Waals surface area contributed by atoms with Crippen LogP contribution in [0.2, 0.25) is 5.02 Å². The Balaban J connectivity index is 2.09. The summed E-state index contributed by atoms with van der Waals surface area (Å²) in [5.74, 6) is -1.10. The molecule has 3 aromatic rings. The molecule has 2 aromatic carbocycles. The van der Waals surface area contributed by atoms with E-state index in [1.807, 2.05) is 13.8 Å². The zero-order chi connectivity index (χ0) is 20.4. The fourth-order valence-electron chi connectivity index (χ4n) is 2.77. The summed E-state index contributed by atoms with van der Waals surface area (Å²) in [4.78, 5) is 37.3. The van der Waals surface area contributed by atoms with E-state index in [4.69, 9.17) is 11.6 Å². The first-order valence-corrected chi connectivity index (χ1v) is 8.92. The number of esters is 1. The summed E-state index contributed by atoms with van der Waals surface area (Å²) in [7, 11) is 1.26. The number of benzene rings is 2. The van der Waals surface area contributed by atoms with Crippen molar-refractivity contribution in [2.45, 2.75) is 19.9 Å². The summed E-state index contributed by atoms with van der Waals surface area (Å²) in [6, 6.07) is 11.0. The van der Waals surface area contributed by atoms with E-state index in [0.29, 0.717) is 10.8 Å². The monoisotopic (exact) mass is 399 g/mol. The first-order valence-electron chi connectivity index (χ1n) is 8.54. The van der Waals surface area contributed by atoms with Crippen LogP contribution in [0.5, 0.6) is 0 Å². The van der Waals surface area contributed by atoms with Crippen molar-refractivity contribution in [3.8, 4) is 0 Å². The summed E-state index contributed by atoms with van der Waals surface area (Å²) in [6.07, 6.45) is 0. The van der Waals surface area contributed by atoms with E-state index in [2.05, 4.69) is 15.2 Å². The van der Waals surface area contributed by atoms with Gasteiger partial charge in [-0.2, -0.15) is 5.10 Å². The number of nitrogens with zero attached hydrogens (tertiary/aromatic N) is 2. The van der Waals surface area contributed by atoms with Gasteiger partial charge < -0.3 is 10.1 Å². The van der Waals surface area contributed by atoms with E-state index in [0.717, 1.165) is 0 Å². The van der Waals surface area contributed by atoms with E-state index < -0.39 is 11.9 Å². The topological polar surface area (TPSA) is 90.3 Å². The van der Waals surface area contributed by atoms with Crippen LogP contribution in [-0.4, -0.2) is 28.8 Å². The molecule has 0 aliphatic carbocycles. The summed E-state index contributed by atoms with van der Waals surface area (Å²) in [5.41, 5.74) is 0.297. The first-order chi connectivity index (χ1) is 13.3. The Hall–Kier alpha value is -3.19. The number of hydrogen-bond acceptors (Lipinski definition) is 5. The molecule has 0 spiro atoms. The molecule has 0 radical (unpaired) electrons. The number of fused-ring (bicyclic) bond motifs is 1. The molecule has 7 nitrogen and oxygen atoms in total. The van der Waals surface area contributed by atoms with Crippen molar-refractivity contribution in [1.29, 1.82) is 0 Å². The van der Waals surface area contributed by atoms with Crippen LogP contribution in [-0.2, 0) is 4.74 Å². The number of nitrogens with one attached hydrogen (secondary N) is 1. The largest absolute Gasteiger partial charge is 0.465 e. The van der Waals surface area contributed by atoms with Gasteiger partial charge in [0.15, 0.2) is 5.69 Å². The average molecular weight is 400 g/mol.